The smallest absolute Gasteiger partial charge is 0.310 e. The van der Waals surface area contributed by atoms with E-state index in [1.165, 1.54) is 11.0 Å². The Bertz CT molecular complexity index is 730. The number of likely N-dealkylation sites (N-methyl/N-ethyl adjacent to an activating group) is 1. The first-order valence-corrected chi connectivity index (χ1v) is 7.65. The van der Waals surface area contributed by atoms with Gasteiger partial charge in [0.25, 0.3) is 5.91 Å². The van der Waals surface area contributed by atoms with Gasteiger partial charge in [-0.25, -0.2) is 4.39 Å². The molecule has 0 spiro atoms. The molecule has 0 saturated carbocycles. The Hall–Kier alpha value is -2.69. The number of ether oxygens (including phenoxy) is 1. The first-order valence-electron chi connectivity index (χ1n) is 7.65. The van der Waals surface area contributed by atoms with E-state index in [1.54, 1.807) is 25.2 Å². The fraction of sp³-hybridized carbons (Fsp3) is 0.263. The number of nitrogens with zero attached hydrogens (tertiary/aromatic N) is 1. The molecule has 0 atom stereocenters. The van der Waals surface area contributed by atoms with E-state index in [0.29, 0.717) is 5.56 Å². The SMILES string of the molecule is Cc1ccccc1CC(=O)OCC(=O)N(C)Cc1ccccc1F. The highest BCUT2D eigenvalue weighted by molar-refractivity contribution is 5.81. The molecular formula is C19H20FNO3. The van der Waals surface area contributed by atoms with E-state index in [2.05, 4.69) is 0 Å². The summed E-state index contributed by atoms with van der Waals surface area (Å²) >= 11 is 0. The Morgan fingerprint density at radius 2 is 1.67 bits per heavy atom. The Labute approximate surface area is 140 Å². The number of benzene rings is 2. The molecule has 2 rings (SSSR count). The molecule has 2 aromatic carbocycles. The van der Waals surface area contributed by atoms with Crippen molar-refractivity contribution in [2.24, 2.45) is 0 Å². The second-order valence-corrected chi connectivity index (χ2v) is 5.61. The third-order valence-corrected chi connectivity index (χ3v) is 3.74. The highest BCUT2D eigenvalue weighted by atomic mass is 19.1. The molecule has 5 heteroatoms. The first-order chi connectivity index (χ1) is 11.5. The first kappa shape index (κ1) is 17.7. The average Bonchev–Trinajstić information content (AvgIpc) is 2.56. The minimum Gasteiger partial charge on any atom is -0.455 e. The van der Waals surface area contributed by atoms with Gasteiger partial charge in [-0.05, 0) is 24.1 Å². The summed E-state index contributed by atoms with van der Waals surface area (Å²) in [6.45, 7) is 1.69. The van der Waals surface area contributed by atoms with Gasteiger partial charge in [0.2, 0.25) is 0 Å². The molecule has 0 saturated heterocycles. The van der Waals surface area contributed by atoms with Gasteiger partial charge in [-0.3, -0.25) is 9.59 Å². The van der Waals surface area contributed by atoms with Crippen molar-refractivity contribution < 1.29 is 18.7 Å². The van der Waals surface area contributed by atoms with Gasteiger partial charge in [0, 0.05) is 19.2 Å². The molecule has 0 bridgehead atoms. The Kier molecular flexibility index (Phi) is 6.07. The molecule has 0 radical (unpaired) electrons. The van der Waals surface area contributed by atoms with Gasteiger partial charge < -0.3 is 9.64 Å². The molecule has 0 aromatic heterocycles. The van der Waals surface area contributed by atoms with Crippen LogP contribution >= 0.6 is 0 Å². The molecule has 0 heterocycles. The van der Waals surface area contributed by atoms with Gasteiger partial charge in [-0.1, -0.05) is 42.5 Å². The third kappa shape index (κ3) is 4.91. The number of esters is 1. The van der Waals surface area contributed by atoms with Crippen LogP contribution in [0.25, 0.3) is 0 Å². The number of halogens is 1. The molecule has 24 heavy (non-hydrogen) atoms. The fourth-order valence-corrected chi connectivity index (χ4v) is 2.24. The van der Waals surface area contributed by atoms with Gasteiger partial charge >= 0.3 is 5.97 Å². The maximum atomic E-state index is 13.6. The monoisotopic (exact) mass is 329 g/mol. The zero-order chi connectivity index (χ0) is 17.5. The maximum Gasteiger partial charge on any atom is 0.310 e. The van der Waals surface area contributed by atoms with Crippen LogP contribution in [0.3, 0.4) is 0 Å². The van der Waals surface area contributed by atoms with Crippen LogP contribution in [-0.4, -0.2) is 30.4 Å². The fourth-order valence-electron chi connectivity index (χ4n) is 2.24. The number of hydrogen-bond donors (Lipinski definition) is 0. The lowest BCUT2D eigenvalue weighted by atomic mass is 10.1. The van der Waals surface area contributed by atoms with Gasteiger partial charge in [0.1, 0.15) is 5.82 Å². The van der Waals surface area contributed by atoms with E-state index in [0.717, 1.165) is 11.1 Å². The molecule has 126 valence electrons. The summed E-state index contributed by atoms with van der Waals surface area (Å²) < 4.78 is 18.6. The standard InChI is InChI=1S/C19H20FNO3/c1-14-7-3-4-8-15(14)11-19(23)24-13-18(22)21(2)12-16-9-5-6-10-17(16)20/h3-10H,11-13H2,1-2H3. The lowest BCUT2D eigenvalue weighted by Gasteiger charge is -2.17. The van der Waals surface area contributed by atoms with Crippen LogP contribution in [0.1, 0.15) is 16.7 Å². The number of amides is 1. The summed E-state index contributed by atoms with van der Waals surface area (Å²) in [6.07, 6.45) is 0.122. The van der Waals surface area contributed by atoms with E-state index >= 15 is 0 Å². The molecule has 0 aliphatic rings. The molecular weight excluding hydrogens is 309 g/mol. The predicted octanol–water partition coefficient (Wildman–Crippen LogP) is 2.88. The van der Waals surface area contributed by atoms with Crippen LogP contribution < -0.4 is 0 Å². The highest BCUT2D eigenvalue weighted by Crippen LogP contribution is 2.10. The van der Waals surface area contributed by atoms with Crippen molar-refractivity contribution in [2.75, 3.05) is 13.7 Å². The van der Waals surface area contributed by atoms with Crippen LogP contribution in [0.5, 0.6) is 0 Å². The van der Waals surface area contributed by atoms with Crippen molar-refractivity contribution in [2.45, 2.75) is 19.9 Å². The second-order valence-electron chi connectivity index (χ2n) is 5.61. The van der Waals surface area contributed by atoms with Crippen molar-refractivity contribution in [1.82, 2.24) is 4.90 Å². The summed E-state index contributed by atoms with van der Waals surface area (Å²) in [7, 11) is 1.55. The van der Waals surface area contributed by atoms with Crippen molar-refractivity contribution in [3.63, 3.8) is 0 Å². The normalized spacial score (nSPS) is 10.3. The third-order valence-electron chi connectivity index (χ3n) is 3.74. The molecule has 0 N–H and O–H groups in total. The summed E-state index contributed by atoms with van der Waals surface area (Å²) in [4.78, 5) is 25.2. The van der Waals surface area contributed by atoms with Crippen LogP contribution in [0, 0.1) is 12.7 Å². The van der Waals surface area contributed by atoms with E-state index in [4.69, 9.17) is 4.74 Å². The average molecular weight is 329 g/mol. The molecule has 1 amide bonds. The van der Waals surface area contributed by atoms with Gasteiger partial charge in [0.15, 0.2) is 6.61 Å². The van der Waals surface area contributed by atoms with E-state index in [-0.39, 0.29) is 31.3 Å². The highest BCUT2D eigenvalue weighted by Gasteiger charge is 2.14. The van der Waals surface area contributed by atoms with Gasteiger partial charge in [-0.15, -0.1) is 0 Å². The zero-order valence-electron chi connectivity index (χ0n) is 13.8. The van der Waals surface area contributed by atoms with E-state index in [1.807, 2.05) is 31.2 Å². The number of carbonyl (C=O) groups excluding carboxylic acids is 2. The quantitative estimate of drug-likeness (QED) is 0.766. The summed E-state index contributed by atoms with van der Waals surface area (Å²) in [5.41, 5.74) is 2.28. The predicted molar refractivity (Wildman–Crippen MR) is 88.7 cm³/mol. The molecule has 0 unspecified atom stereocenters. The van der Waals surface area contributed by atoms with Crippen LogP contribution in [0.4, 0.5) is 4.39 Å². The van der Waals surface area contributed by atoms with E-state index < -0.39 is 5.97 Å². The minimum absolute atomic E-state index is 0.122. The zero-order valence-corrected chi connectivity index (χ0v) is 13.8. The number of carbonyl (C=O) groups is 2. The molecule has 0 fully saturated rings. The number of rotatable bonds is 6. The van der Waals surface area contributed by atoms with Gasteiger partial charge in [0.05, 0.1) is 6.42 Å². The number of aryl methyl sites for hydroxylation is 1. The van der Waals surface area contributed by atoms with Crippen LogP contribution in [0.2, 0.25) is 0 Å². The lowest BCUT2D eigenvalue weighted by Crippen LogP contribution is -2.31. The Morgan fingerprint density at radius 1 is 1.04 bits per heavy atom. The topological polar surface area (TPSA) is 46.6 Å². The Balaban J connectivity index is 1.83. The summed E-state index contributed by atoms with van der Waals surface area (Å²) in [5, 5.41) is 0. The maximum absolute atomic E-state index is 13.6. The number of hydrogen-bond acceptors (Lipinski definition) is 3. The van der Waals surface area contributed by atoms with Crippen molar-refractivity contribution >= 4 is 11.9 Å². The Morgan fingerprint density at radius 3 is 2.33 bits per heavy atom. The van der Waals surface area contributed by atoms with Crippen molar-refractivity contribution in [1.29, 1.82) is 0 Å². The minimum atomic E-state index is -0.461. The molecule has 4 nitrogen and oxygen atoms in total. The van der Waals surface area contributed by atoms with Gasteiger partial charge in [-0.2, -0.15) is 0 Å². The second kappa shape index (κ2) is 8.24. The van der Waals surface area contributed by atoms with Crippen LogP contribution in [-0.2, 0) is 27.3 Å². The van der Waals surface area contributed by atoms with Crippen molar-refractivity contribution in [3.05, 3.63) is 71.0 Å². The molecule has 2 aromatic rings. The summed E-state index contributed by atoms with van der Waals surface area (Å²) in [6, 6.07) is 13.8. The van der Waals surface area contributed by atoms with Crippen LogP contribution in [0.15, 0.2) is 48.5 Å². The van der Waals surface area contributed by atoms with Crippen molar-refractivity contribution in [3.8, 4) is 0 Å². The summed E-state index contributed by atoms with van der Waals surface area (Å²) in [5.74, 6) is -1.21. The molecule has 0 aliphatic carbocycles. The lowest BCUT2D eigenvalue weighted by molar-refractivity contribution is -0.151. The van der Waals surface area contributed by atoms with E-state index in [9.17, 15) is 14.0 Å². The largest absolute Gasteiger partial charge is 0.455 e. The molecule has 0 aliphatic heterocycles.